The Kier molecular flexibility index (Phi) is 4.48. The monoisotopic (exact) mass is 329 g/mol. The van der Waals surface area contributed by atoms with E-state index >= 15 is 0 Å². The summed E-state index contributed by atoms with van der Waals surface area (Å²) in [4.78, 5) is 16.7. The first-order valence-corrected chi connectivity index (χ1v) is 7.67. The molecule has 3 aromatic rings. The van der Waals surface area contributed by atoms with Crippen molar-refractivity contribution in [2.24, 2.45) is 0 Å². The molecule has 0 saturated heterocycles. The van der Waals surface area contributed by atoms with Gasteiger partial charge < -0.3 is 14.5 Å². The van der Waals surface area contributed by atoms with Crippen LogP contribution >= 0.6 is 11.6 Å². The summed E-state index contributed by atoms with van der Waals surface area (Å²) >= 11 is 5.95. The van der Waals surface area contributed by atoms with Gasteiger partial charge in [-0.05, 0) is 37.3 Å². The Morgan fingerprint density at radius 3 is 3.00 bits per heavy atom. The molecular formula is C17H16ClN3O2. The van der Waals surface area contributed by atoms with Crippen LogP contribution in [0.1, 0.15) is 23.0 Å². The number of ether oxygens (including phenoxy) is 1. The van der Waals surface area contributed by atoms with Crippen LogP contribution in [-0.4, -0.2) is 21.9 Å². The van der Waals surface area contributed by atoms with Gasteiger partial charge in [0.2, 0.25) is 0 Å². The number of imidazole rings is 1. The fourth-order valence-electron chi connectivity index (χ4n) is 2.27. The molecule has 0 aliphatic rings. The molecule has 2 aromatic heterocycles. The quantitative estimate of drug-likeness (QED) is 0.781. The molecule has 3 rings (SSSR count). The normalized spacial score (nSPS) is 10.7. The predicted octanol–water partition coefficient (Wildman–Crippen LogP) is 3.32. The van der Waals surface area contributed by atoms with E-state index < -0.39 is 0 Å². The van der Waals surface area contributed by atoms with Crippen LogP contribution in [-0.2, 0) is 6.54 Å². The maximum Gasteiger partial charge on any atom is 0.251 e. The second-order valence-corrected chi connectivity index (χ2v) is 5.42. The first kappa shape index (κ1) is 15.4. The Labute approximate surface area is 138 Å². The highest BCUT2D eigenvalue weighted by molar-refractivity contribution is 6.30. The topological polar surface area (TPSA) is 55.6 Å². The Hall–Kier alpha value is -2.53. The molecule has 0 bridgehead atoms. The number of nitrogens with one attached hydrogen (secondary N) is 1. The van der Waals surface area contributed by atoms with Crippen LogP contribution in [0.2, 0.25) is 5.02 Å². The van der Waals surface area contributed by atoms with Gasteiger partial charge in [0.25, 0.3) is 5.91 Å². The molecule has 118 valence electrons. The molecule has 0 aliphatic carbocycles. The number of carbonyl (C=O) groups is 1. The average Bonchev–Trinajstić information content (AvgIpc) is 2.95. The first-order valence-electron chi connectivity index (χ1n) is 7.30. The van der Waals surface area contributed by atoms with E-state index in [0.717, 1.165) is 11.3 Å². The molecule has 1 amide bonds. The minimum atomic E-state index is -0.165. The molecular weight excluding hydrogens is 314 g/mol. The molecule has 1 aromatic carbocycles. The average molecular weight is 330 g/mol. The van der Waals surface area contributed by atoms with E-state index in [9.17, 15) is 4.79 Å². The van der Waals surface area contributed by atoms with Gasteiger partial charge >= 0.3 is 0 Å². The van der Waals surface area contributed by atoms with E-state index in [-0.39, 0.29) is 5.91 Å². The molecule has 0 atom stereocenters. The summed E-state index contributed by atoms with van der Waals surface area (Å²) in [5.74, 6) is 0.518. The number of rotatable bonds is 5. The van der Waals surface area contributed by atoms with Crippen LogP contribution in [0.5, 0.6) is 5.75 Å². The zero-order valence-electron chi connectivity index (χ0n) is 12.6. The van der Waals surface area contributed by atoms with Gasteiger partial charge in [-0.2, -0.15) is 0 Å². The van der Waals surface area contributed by atoms with E-state index in [0.29, 0.717) is 29.5 Å². The number of amides is 1. The molecule has 0 radical (unpaired) electrons. The van der Waals surface area contributed by atoms with Crippen LogP contribution in [0.3, 0.4) is 0 Å². The van der Waals surface area contributed by atoms with Gasteiger partial charge in [0.05, 0.1) is 23.9 Å². The van der Waals surface area contributed by atoms with Crippen molar-refractivity contribution in [1.82, 2.24) is 14.7 Å². The van der Waals surface area contributed by atoms with E-state index in [4.69, 9.17) is 16.3 Å². The van der Waals surface area contributed by atoms with E-state index in [1.165, 1.54) is 0 Å². The number of halogens is 1. The maximum atomic E-state index is 12.2. The maximum absolute atomic E-state index is 12.2. The van der Waals surface area contributed by atoms with Gasteiger partial charge in [0.15, 0.2) is 0 Å². The second kappa shape index (κ2) is 6.71. The zero-order valence-corrected chi connectivity index (χ0v) is 13.4. The van der Waals surface area contributed by atoms with Crippen molar-refractivity contribution >= 4 is 23.2 Å². The van der Waals surface area contributed by atoms with E-state index in [1.54, 1.807) is 30.5 Å². The molecule has 0 fully saturated rings. The SMILES string of the molecule is CCOc1cccc(C(=O)NCc2cn3cc(Cl)ccc3n2)c1. The van der Waals surface area contributed by atoms with Gasteiger partial charge in [0, 0.05) is 18.0 Å². The summed E-state index contributed by atoms with van der Waals surface area (Å²) in [6, 6.07) is 10.7. The molecule has 0 spiro atoms. The molecule has 2 heterocycles. The van der Waals surface area contributed by atoms with E-state index in [1.807, 2.05) is 29.7 Å². The summed E-state index contributed by atoms with van der Waals surface area (Å²) in [5, 5.41) is 3.49. The third-order valence-electron chi connectivity index (χ3n) is 3.30. The Morgan fingerprint density at radius 1 is 1.30 bits per heavy atom. The van der Waals surface area contributed by atoms with Crippen LogP contribution in [0.4, 0.5) is 0 Å². The van der Waals surface area contributed by atoms with Crippen LogP contribution in [0.25, 0.3) is 5.65 Å². The lowest BCUT2D eigenvalue weighted by atomic mass is 10.2. The van der Waals surface area contributed by atoms with Gasteiger partial charge in [-0.3, -0.25) is 4.79 Å². The second-order valence-electron chi connectivity index (χ2n) is 4.99. The van der Waals surface area contributed by atoms with Gasteiger partial charge in [-0.1, -0.05) is 17.7 Å². The molecule has 0 saturated carbocycles. The number of benzene rings is 1. The van der Waals surface area contributed by atoms with Crippen molar-refractivity contribution in [1.29, 1.82) is 0 Å². The summed E-state index contributed by atoms with van der Waals surface area (Å²) in [6.07, 6.45) is 3.62. The molecule has 0 unspecified atom stereocenters. The highest BCUT2D eigenvalue weighted by Crippen LogP contribution is 2.14. The third-order valence-corrected chi connectivity index (χ3v) is 3.53. The predicted molar refractivity (Wildman–Crippen MR) is 89.0 cm³/mol. The van der Waals surface area contributed by atoms with Crippen molar-refractivity contribution in [2.45, 2.75) is 13.5 Å². The third kappa shape index (κ3) is 3.63. The smallest absolute Gasteiger partial charge is 0.251 e. The summed E-state index contributed by atoms with van der Waals surface area (Å²) in [6.45, 7) is 2.81. The molecule has 23 heavy (non-hydrogen) atoms. The van der Waals surface area contributed by atoms with Gasteiger partial charge in [-0.25, -0.2) is 4.98 Å². The minimum Gasteiger partial charge on any atom is -0.494 e. The minimum absolute atomic E-state index is 0.165. The molecule has 1 N–H and O–H groups in total. The van der Waals surface area contributed by atoms with Gasteiger partial charge in [-0.15, -0.1) is 0 Å². The Bertz CT molecular complexity index is 845. The lowest BCUT2D eigenvalue weighted by molar-refractivity contribution is 0.0950. The first-order chi connectivity index (χ1) is 11.2. The van der Waals surface area contributed by atoms with Crippen molar-refractivity contribution < 1.29 is 9.53 Å². The lowest BCUT2D eigenvalue weighted by Gasteiger charge is -2.06. The van der Waals surface area contributed by atoms with Crippen LogP contribution in [0, 0.1) is 0 Å². The van der Waals surface area contributed by atoms with Crippen LogP contribution < -0.4 is 10.1 Å². The zero-order chi connectivity index (χ0) is 16.2. The summed E-state index contributed by atoms with van der Waals surface area (Å²) < 4.78 is 7.24. The Balaban J connectivity index is 1.69. The Morgan fingerprint density at radius 2 is 2.17 bits per heavy atom. The van der Waals surface area contributed by atoms with Crippen LogP contribution in [0.15, 0.2) is 48.8 Å². The lowest BCUT2D eigenvalue weighted by Crippen LogP contribution is -2.22. The number of fused-ring (bicyclic) bond motifs is 1. The highest BCUT2D eigenvalue weighted by Gasteiger charge is 2.08. The number of aromatic nitrogens is 2. The molecule has 5 nitrogen and oxygen atoms in total. The van der Waals surface area contributed by atoms with Crippen molar-refractivity contribution in [3.63, 3.8) is 0 Å². The van der Waals surface area contributed by atoms with Crippen molar-refractivity contribution in [2.75, 3.05) is 6.61 Å². The van der Waals surface area contributed by atoms with Crippen molar-refractivity contribution in [3.8, 4) is 5.75 Å². The summed E-state index contributed by atoms with van der Waals surface area (Å²) in [5.41, 5.74) is 2.11. The number of nitrogens with zero attached hydrogens (tertiary/aromatic N) is 2. The van der Waals surface area contributed by atoms with E-state index in [2.05, 4.69) is 10.3 Å². The fourth-order valence-corrected chi connectivity index (χ4v) is 2.44. The standard InChI is InChI=1S/C17H16ClN3O2/c1-2-23-15-5-3-4-12(8-15)17(22)19-9-14-11-21-10-13(18)6-7-16(21)20-14/h3-8,10-11H,2,9H2,1H3,(H,19,22). The number of pyridine rings is 1. The number of hydrogen-bond donors (Lipinski definition) is 1. The molecule has 6 heteroatoms. The number of carbonyl (C=O) groups excluding carboxylic acids is 1. The molecule has 0 aliphatic heterocycles. The van der Waals surface area contributed by atoms with Crippen molar-refractivity contribution in [3.05, 3.63) is 65.1 Å². The highest BCUT2D eigenvalue weighted by atomic mass is 35.5. The van der Waals surface area contributed by atoms with Gasteiger partial charge in [0.1, 0.15) is 11.4 Å². The summed E-state index contributed by atoms with van der Waals surface area (Å²) in [7, 11) is 0. The largest absolute Gasteiger partial charge is 0.494 e. The number of hydrogen-bond acceptors (Lipinski definition) is 3. The fraction of sp³-hybridized carbons (Fsp3) is 0.176.